The van der Waals surface area contributed by atoms with Crippen molar-refractivity contribution in [3.05, 3.63) is 116 Å². The third kappa shape index (κ3) is 30.6. The molecular formula is C56H93O9P. The Hall–Kier alpha value is -2.69. The summed E-state index contributed by atoms with van der Waals surface area (Å²) in [5.41, 5.74) is 14.1. The highest BCUT2D eigenvalue weighted by atomic mass is 31.2. The maximum atomic E-state index is 12.4. The van der Waals surface area contributed by atoms with Crippen LogP contribution in [0.25, 0.3) is 0 Å². The molecule has 0 aliphatic carbocycles. The Kier molecular flexibility index (Phi) is 32.9. The normalized spacial score (nSPS) is 22.2. The maximum absolute atomic E-state index is 12.4. The van der Waals surface area contributed by atoms with Crippen molar-refractivity contribution in [3.8, 4) is 0 Å². The lowest BCUT2D eigenvalue weighted by Gasteiger charge is -2.39. The smallest absolute Gasteiger partial charge is 0.394 e. The molecule has 1 heterocycles. The molecule has 9 nitrogen and oxygen atoms in total. The van der Waals surface area contributed by atoms with Crippen molar-refractivity contribution in [2.24, 2.45) is 0 Å². The standard InChI is InChI=1S/C56H93O9P/c1-42(2)21-12-22-43(3)23-13-24-44(4)25-14-26-45(5)27-15-28-46(6)29-16-30-47(7)31-17-32-48(8)33-18-34-49(9)35-19-36-50(10)37-20-38-51(11)39-40-63-66(61,62)65-56-55(60)54(59)53(58)52(41-57)64-56/h21,23,25,27,29,31,33,35,37,39,52-60H,12-20,22,24,26,28,30,32,34,36,38,40-41H2,1-11H3,(H,61,62). The van der Waals surface area contributed by atoms with Gasteiger partial charge in [-0.05, 0) is 192 Å². The van der Waals surface area contributed by atoms with E-state index in [9.17, 15) is 29.9 Å². The van der Waals surface area contributed by atoms with Gasteiger partial charge in [0.15, 0.2) is 6.29 Å². The van der Waals surface area contributed by atoms with Gasteiger partial charge in [-0.3, -0.25) is 9.05 Å². The van der Waals surface area contributed by atoms with E-state index in [0.29, 0.717) is 0 Å². The molecule has 6 unspecified atom stereocenters. The molecule has 0 aromatic heterocycles. The van der Waals surface area contributed by atoms with E-state index in [-0.39, 0.29) is 6.61 Å². The summed E-state index contributed by atoms with van der Waals surface area (Å²) in [5.74, 6) is 0. The maximum Gasteiger partial charge on any atom is 0.474 e. The molecule has 1 rings (SSSR count). The summed E-state index contributed by atoms with van der Waals surface area (Å²) in [6.07, 6.45) is 34.4. The lowest BCUT2D eigenvalue weighted by molar-refractivity contribution is -0.281. The van der Waals surface area contributed by atoms with Crippen molar-refractivity contribution >= 4 is 7.82 Å². The second kappa shape index (κ2) is 35.4. The van der Waals surface area contributed by atoms with Crippen LogP contribution in [-0.4, -0.2) is 69.2 Å². The summed E-state index contributed by atoms with van der Waals surface area (Å²) in [6, 6.07) is 0. The molecule has 0 saturated carbocycles. The van der Waals surface area contributed by atoms with Crippen molar-refractivity contribution in [2.75, 3.05) is 13.2 Å². The van der Waals surface area contributed by atoms with Crippen molar-refractivity contribution in [2.45, 2.75) is 222 Å². The Morgan fingerprint density at radius 1 is 0.439 bits per heavy atom. The molecule has 376 valence electrons. The molecule has 66 heavy (non-hydrogen) atoms. The molecular weight excluding hydrogens is 848 g/mol. The average molecular weight is 941 g/mol. The minimum atomic E-state index is -4.67. The van der Waals surface area contributed by atoms with Crippen LogP contribution in [-0.2, 0) is 18.3 Å². The molecule has 1 fully saturated rings. The Bertz CT molecular complexity index is 1770. The number of phosphoric acid groups is 1. The first-order valence-electron chi connectivity index (χ1n) is 24.7. The molecule has 0 bridgehead atoms. The Morgan fingerprint density at radius 2 is 0.712 bits per heavy atom. The van der Waals surface area contributed by atoms with Crippen LogP contribution in [0.3, 0.4) is 0 Å². The van der Waals surface area contributed by atoms with Gasteiger partial charge in [0.25, 0.3) is 0 Å². The van der Waals surface area contributed by atoms with Gasteiger partial charge in [0.1, 0.15) is 24.4 Å². The summed E-state index contributed by atoms with van der Waals surface area (Å²) in [7, 11) is -4.67. The summed E-state index contributed by atoms with van der Waals surface area (Å²) < 4.78 is 27.4. The third-order valence-corrected chi connectivity index (χ3v) is 13.0. The number of phosphoric ester groups is 1. The minimum Gasteiger partial charge on any atom is -0.394 e. The minimum absolute atomic E-state index is 0.206. The van der Waals surface area contributed by atoms with E-state index >= 15 is 0 Å². The quantitative estimate of drug-likeness (QED) is 0.0321. The van der Waals surface area contributed by atoms with Gasteiger partial charge in [0.2, 0.25) is 0 Å². The molecule has 0 radical (unpaired) electrons. The molecule has 1 aliphatic heterocycles. The molecule has 0 amide bonds. The number of rotatable bonds is 33. The van der Waals surface area contributed by atoms with Crippen LogP contribution in [0.15, 0.2) is 116 Å². The zero-order valence-corrected chi connectivity index (χ0v) is 44.0. The summed E-state index contributed by atoms with van der Waals surface area (Å²) in [5, 5.41) is 39.1. The van der Waals surface area contributed by atoms with Gasteiger partial charge < -0.3 is 30.1 Å². The predicted molar refractivity (Wildman–Crippen MR) is 277 cm³/mol. The van der Waals surface area contributed by atoms with Crippen LogP contribution >= 0.6 is 7.82 Å². The number of aliphatic hydroxyl groups is 4. The number of allylic oxidation sites excluding steroid dienone is 19. The molecule has 6 atom stereocenters. The van der Waals surface area contributed by atoms with Crippen LogP contribution < -0.4 is 0 Å². The van der Waals surface area contributed by atoms with E-state index in [1.807, 2.05) is 6.92 Å². The zero-order chi connectivity index (χ0) is 49.5. The fourth-order valence-corrected chi connectivity index (χ4v) is 8.23. The molecule has 5 N–H and O–H groups in total. The topological polar surface area (TPSA) is 146 Å². The number of hydrogen-bond donors (Lipinski definition) is 5. The average Bonchev–Trinajstić information content (AvgIpc) is 3.23. The second-order valence-corrected chi connectivity index (χ2v) is 20.6. The number of hydrogen-bond acceptors (Lipinski definition) is 8. The molecule has 10 heteroatoms. The van der Waals surface area contributed by atoms with Crippen LogP contribution in [0.2, 0.25) is 0 Å². The lowest BCUT2D eigenvalue weighted by atomic mass is 10.00. The van der Waals surface area contributed by atoms with Gasteiger partial charge in [-0.1, -0.05) is 116 Å². The van der Waals surface area contributed by atoms with Gasteiger partial charge in [0.05, 0.1) is 13.2 Å². The SMILES string of the molecule is CC(C)=CCCC(C)=CCCC(C)=CCCC(C)=CCCC(C)=CCCC(C)=CCCC(C)=CCCC(C)=CCCC(C)=CCCC(C)=CCOP(=O)(O)OC1OC(CO)C(O)C(O)C1O. The largest absolute Gasteiger partial charge is 0.474 e. The van der Waals surface area contributed by atoms with Crippen LogP contribution in [0.5, 0.6) is 0 Å². The summed E-state index contributed by atoms with van der Waals surface area (Å²) >= 11 is 0. The number of ether oxygens (including phenoxy) is 1. The van der Waals surface area contributed by atoms with Gasteiger partial charge in [-0.25, -0.2) is 4.57 Å². The van der Waals surface area contributed by atoms with E-state index in [1.165, 1.54) is 56.6 Å². The van der Waals surface area contributed by atoms with E-state index in [1.54, 1.807) is 6.08 Å². The van der Waals surface area contributed by atoms with Gasteiger partial charge >= 0.3 is 7.82 Å². The molecule has 1 aliphatic rings. The zero-order valence-electron chi connectivity index (χ0n) is 43.1. The monoisotopic (exact) mass is 941 g/mol. The first-order valence-corrected chi connectivity index (χ1v) is 26.2. The highest BCUT2D eigenvalue weighted by Crippen LogP contribution is 2.46. The highest BCUT2D eigenvalue weighted by Gasteiger charge is 2.46. The van der Waals surface area contributed by atoms with Gasteiger partial charge in [-0.2, -0.15) is 0 Å². The predicted octanol–water partition coefficient (Wildman–Crippen LogP) is 14.4. The molecule has 0 aromatic rings. The first kappa shape index (κ1) is 61.3. The first-order chi connectivity index (χ1) is 31.2. The molecule has 1 saturated heterocycles. The fourth-order valence-electron chi connectivity index (χ4n) is 7.47. The van der Waals surface area contributed by atoms with E-state index < -0.39 is 45.1 Å². The van der Waals surface area contributed by atoms with Crippen LogP contribution in [0, 0.1) is 0 Å². The summed E-state index contributed by atoms with van der Waals surface area (Å²) in [4.78, 5) is 10.1. The van der Waals surface area contributed by atoms with Crippen molar-refractivity contribution < 1.29 is 43.7 Å². The van der Waals surface area contributed by atoms with Crippen LogP contribution in [0.4, 0.5) is 0 Å². The number of aliphatic hydroxyl groups excluding tert-OH is 4. The lowest BCUT2D eigenvalue weighted by Crippen LogP contribution is -2.58. The Morgan fingerprint density at radius 3 is 0.985 bits per heavy atom. The second-order valence-electron chi connectivity index (χ2n) is 19.2. The van der Waals surface area contributed by atoms with Crippen molar-refractivity contribution in [3.63, 3.8) is 0 Å². The van der Waals surface area contributed by atoms with Gasteiger partial charge in [-0.15, -0.1) is 0 Å². The fraction of sp³-hybridized carbons (Fsp3) is 0.643. The Balaban J connectivity index is 2.27. The van der Waals surface area contributed by atoms with Crippen LogP contribution in [0.1, 0.15) is 192 Å². The molecule has 0 spiro atoms. The van der Waals surface area contributed by atoms with Gasteiger partial charge in [0, 0.05) is 0 Å². The highest BCUT2D eigenvalue weighted by molar-refractivity contribution is 7.47. The van der Waals surface area contributed by atoms with Crippen molar-refractivity contribution in [1.82, 2.24) is 0 Å². The summed E-state index contributed by atoms with van der Waals surface area (Å²) in [6.45, 7) is 23.4. The Labute approximate surface area is 402 Å². The van der Waals surface area contributed by atoms with E-state index in [4.69, 9.17) is 13.8 Å². The van der Waals surface area contributed by atoms with E-state index in [2.05, 4.69) is 124 Å². The van der Waals surface area contributed by atoms with E-state index in [0.717, 1.165) is 115 Å². The van der Waals surface area contributed by atoms with Crippen molar-refractivity contribution in [1.29, 1.82) is 0 Å². The molecule has 0 aromatic carbocycles. The third-order valence-electron chi connectivity index (χ3n) is 12.1.